The molecule has 0 unspecified atom stereocenters. The zero-order valence-corrected chi connectivity index (χ0v) is 12.9. The van der Waals surface area contributed by atoms with Gasteiger partial charge >= 0.3 is 0 Å². The van der Waals surface area contributed by atoms with Gasteiger partial charge < -0.3 is 10.2 Å². The Kier molecular flexibility index (Phi) is 4.36. The Balaban J connectivity index is 1.48. The Morgan fingerprint density at radius 2 is 1.81 bits per heavy atom. The van der Waals surface area contributed by atoms with E-state index in [0.717, 1.165) is 30.2 Å². The number of aromatic nitrogens is 1. The number of nitrogens with one attached hydrogen (secondary N) is 1. The number of benzene rings is 2. The van der Waals surface area contributed by atoms with Crippen LogP contribution >= 0.6 is 11.3 Å². The highest BCUT2D eigenvalue weighted by molar-refractivity contribution is 7.22. The van der Waals surface area contributed by atoms with Gasteiger partial charge in [0.2, 0.25) is 0 Å². The van der Waals surface area contributed by atoms with Crippen molar-refractivity contribution < 1.29 is 0 Å². The maximum atomic E-state index is 4.58. The highest BCUT2D eigenvalue weighted by atomic mass is 32.1. The molecule has 0 aliphatic rings. The van der Waals surface area contributed by atoms with Crippen LogP contribution in [0.15, 0.2) is 54.6 Å². The molecule has 0 bridgehead atoms. The van der Waals surface area contributed by atoms with Gasteiger partial charge in [0.25, 0.3) is 0 Å². The third kappa shape index (κ3) is 3.52. The van der Waals surface area contributed by atoms with Gasteiger partial charge in [-0.15, -0.1) is 0 Å². The molecule has 0 aliphatic carbocycles. The van der Waals surface area contributed by atoms with Gasteiger partial charge in [0.15, 0.2) is 5.13 Å². The first kappa shape index (κ1) is 13.9. The summed E-state index contributed by atoms with van der Waals surface area (Å²) in [6.45, 7) is 1.97. The van der Waals surface area contributed by atoms with Crippen molar-refractivity contribution in [3.05, 3.63) is 54.6 Å². The molecule has 4 heteroatoms. The van der Waals surface area contributed by atoms with Crippen LogP contribution in [-0.4, -0.2) is 25.1 Å². The van der Waals surface area contributed by atoms with E-state index in [1.165, 1.54) is 10.4 Å². The van der Waals surface area contributed by atoms with Gasteiger partial charge in [-0.05, 0) is 30.7 Å². The zero-order chi connectivity index (χ0) is 14.5. The first-order chi connectivity index (χ1) is 10.3. The van der Waals surface area contributed by atoms with Crippen LogP contribution in [-0.2, 0) is 0 Å². The normalized spacial score (nSPS) is 10.7. The molecule has 3 nitrogen and oxygen atoms in total. The third-order valence-corrected chi connectivity index (χ3v) is 4.43. The molecule has 2 aromatic carbocycles. The minimum Gasteiger partial charge on any atom is -0.375 e. The van der Waals surface area contributed by atoms with Crippen LogP contribution < -0.4 is 10.2 Å². The van der Waals surface area contributed by atoms with Gasteiger partial charge in [0.1, 0.15) is 0 Å². The van der Waals surface area contributed by atoms with Crippen molar-refractivity contribution in [3.63, 3.8) is 0 Å². The minimum absolute atomic E-state index is 0.941. The zero-order valence-electron chi connectivity index (χ0n) is 12.1. The summed E-state index contributed by atoms with van der Waals surface area (Å²) in [4.78, 5) is 6.86. The van der Waals surface area contributed by atoms with Crippen molar-refractivity contribution in [1.82, 2.24) is 4.98 Å². The lowest BCUT2D eigenvalue weighted by Gasteiger charge is -2.19. The van der Waals surface area contributed by atoms with E-state index in [2.05, 4.69) is 64.7 Å². The highest BCUT2D eigenvalue weighted by Gasteiger charge is 2.03. The van der Waals surface area contributed by atoms with Crippen molar-refractivity contribution in [1.29, 1.82) is 0 Å². The van der Waals surface area contributed by atoms with E-state index in [1.807, 2.05) is 12.1 Å². The molecule has 0 saturated carbocycles. The first-order valence-electron chi connectivity index (χ1n) is 7.18. The van der Waals surface area contributed by atoms with Gasteiger partial charge in [-0.3, -0.25) is 0 Å². The summed E-state index contributed by atoms with van der Waals surface area (Å²) >= 11 is 1.72. The molecule has 1 aromatic heterocycles. The fourth-order valence-electron chi connectivity index (χ4n) is 2.27. The maximum absolute atomic E-state index is 4.58. The van der Waals surface area contributed by atoms with Gasteiger partial charge in [0, 0.05) is 25.8 Å². The maximum Gasteiger partial charge on any atom is 0.183 e. The lowest BCUT2D eigenvalue weighted by molar-refractivity contribution is 0.816. The quantitative estimate of drug-likeness (QED) is 0.690. The Morgan fingerprint density at radius 1 is 1.05 bits per heavy atom. The highest BCUT2D eigenvalue weighted by Crippen LogP contribution is 2.25. The molecular formula is C17H19N3S. The van der Waals surface area contributed by atoms with Crippen molar-refractivity contribution in [2.24, 2.45) is 0 Å². The van der Waals surface area contributed by atoms with Crippen LogP contribution in [0, 0.1) is 0 Å². The molecule has 0 fully saturated rings. The lowest BCUT2D eigenvalue weighted by Crippen LogP contribution is -2.20. The van der Waals surface area contributed by atoms with Gasteiger partial charge in [-0.25, -0.2) is 4.98 Å². The summed E-state index contributed by atoms with van der Waals surface area (Å²) in [5.41, 5.74) is 2.34. The van der Waals surface area contributed by atoms with E-state index in [9.17, 15) is 0 Å². The largest absolute Gasteiger partial charge is 0.375 e. The molecule has 21 heavy (non-hydrogen) atoms. The molecule has 0 atom stereocenters. The fraction of sp³-hybridized carbons (Fsp3) is 0.235. The number of rotatable bonds is 6. The van der Waals surface area contributed by atoms with Gasteiger partial charge in [-0.1, -0.05) is 41.7 Å². The molecule has 0 radical (unpaired) electrons. The second-order valence-electron chi connectivity index (χ2n) is 5.02. The Morgan fingerprint density at radius 3 is 2.62 bits per heavy atom. The molecule has 108 valence electrons. The lowest BCUT2D eigenvalue weighted by atomic mass is 10.3. The number of hydrogen-bond donors (Lipinski definition) is 1. The standard InChI is InChI=1S/C17H19N3S/c1-20(14-8-3-2-4-9-14)13-7-12-18-17-19-15-10-5-6-11-16(15)21-17/h2-6,8-11H,7,12-13H2,1H3,(H,18,19). The number of para-hydroxylation sites is 2. The Bertz CT molecular complexity index is 660. The average Bonchev–Trinajstić information content (AvgIpc) is 2.95. The van der Waals surface area contributed by atoms with E-state index >= 15 is 0 Å². The third-order valence-electron chi connectivity index (χ3n) is 3.44. The minimum atomic E-state index is 0.941. The van der Waals surface area contributed by atoms with Crippen molar-refractivity contribution in [3.8, 4) is 0 Å². The molecular weight excluding hydrogens is 278 g/mol. The van der Waals surface area contributed by atoms with E-state index in [0.29, 0.717) is 0 Å². The predicted molar refractivity (Wildman–Crippen MR) is 92.4 cm³/mol. The number of hydrogen-bond acceptors (Lipinski definition) is 4. The molecule has 3 rings (SSSR count). The number of nitrogens with zero attached hydrogens (tertiary/aromatic N) is 2. The molecule has 0 aliphatic heterocycles. The smallest absolute Gasteiger partial charge is 0.183 e. The molecule has 0 amide bonds. The second-order valence-corrected chi connectivity index (χ2v) is 6.05. The van der Waals surface area contributed by atoms with Crippen molar-refractivity contribution >= 4 is 32.4 Å². The number of anilines is 2. The van der Waals surface area contributed by atoms with E-state index in [4.69, 9.17) is 0 Å². The summed E-state index contributed by atoms with van der Waals surface area (Å²) in [5.74, 6) is 0. The monoisotopic (exact) mass is 297 g/mol. The molecule has 3 aromatic rings. The summed E-state index contributed by atoms with van der Waals surface area (Å²) in [6, 6.07) is 18.7. The Hall–Kier alpha value is -2.07. The van der Waals surface area contributed by atoms with Crippen LogP contribution in [0.3, 0.4) is 0 Å². The van der Waals surface area contributed by atoms with Crippen LogP contribution in [0.4, 0.5) is 10.8 Å². The van der Waals surface area contributed by atoms with Gasteiger partial charge in [0.05, 0.1) is 10.2 Å². The van der Waals surface area contributed by atoms with Crippen LogP contribution in [0.2, 0.25) is 0 Å². The molecule has 1 heterocycles. The summed E-state index contributed by atoms with van der Waals surface area (Å²) in [7, 11) is 2.13. The van der Waals surface area contributed by atoms with Crippen molar-refractivity contribution in [2.45, 2.75) is 6.42 Å². The molecule has 1 N–H and O–H groups in total. The molecule has 0 saturated heterocycles. The summed E-state index contributed by atoms with van der Waals surface area (Å²) in [6.07, 6.45) is 1.08. The number of thiazole rings is 1. The van der Waals surface area contributed by atoms with Crippen molar-refractivity contribution in [2.75, 3.05) is 30.4 Å². The molecule has 0 spiro atoms. The van der Waals surface area contributed by atoms with Crippen LogP contribution in [0.25, 0.3) is 10.2 Å². The van der Waals surface area contributed by atoms with Crippen LogP contribution in [0.5, 0.6) is 0 Å². The second kappa shape index (κ2) is 6.59. The van der Waals surface area contributed by atoms with E-state index in [1.54, 1.807) is 11.3 Å². The van der Waals surface area contributed by atoms with E-state index < -0.39 is 0 Å². The average molecular weight is 297 g/mol. The fourth-order valence-corrected chi connectivity index (χ4v) is 3.16. The number of fused-ring (bicyclic) bond motifs is 1. The van der Waals surface area contributed by atoms with E-state index in [-0.39, 0.29) is 0 Å². The first-order valence-corrected chi connectivity index (χ1v) is 8.00. The van der Waals surface area contributed by atoms with Gasteiger partial charge in [-0.2, -0.15) is 0 Å². The summed E-state index contributed by atoms with van der Waals surface area (Å²) in [5, 5.41) is 4.43. The summed E-state index contributed by atoms with van der Waals surface area (Å²) < 4.78 is 1.24. The predicted octanol–water partition coefficient (Wildman–Crippen LogP) is 4.23. The topological polar surface area (TPSA) is 28.2 Å². The Labute approximate surface area is 129 Å². The SMILES string of the molecule is CN(CCCNc1nc2ccccc2s1)c1ccccc1. The van der Waals surface area contributed by atoms with Crippen LogP contribution in [0.1, 0.15) is 6.42 Å².